The van der Waals surface area contributed by atoms with E-state index in [0.717, 1.165) is 0 Å². The maximum Gasteiger partial charge on any atom is 0.263 e. The molecule has 1 unspecified atom stereocenters. The molecule has 0 aliphatic heterocycles. The normalized spacial score (nSPS) is 11.9. The van der Waals surface area contributed by atoms with Crippen LogP contribution < -0.4 is 4.74 Å². The predicted molar refractivity (Wildman–Crippen MR) is 58.7 cm³/mol. The lowest BCUT2D eigenvalue weighted by Gasteiger charge is -2.20. The Labute approximate surface area is 90.7 Å². The van der Waals surface area contributed by atoms with Crippen LogP contribution in [0.3, 0.4) is 0 Å². The van der Waals surface area contributed by atoms with Crippen LogP contribution in [0.2, 0.25) is 0 Å². The number of rotatable bonds is 4. The van der Waals surface area contributed by atoms with Crippen molar-refractivity contribution in [3.8, 4) is 5.75 Å². The van der Waals surface area contributed by atoms with Gasteiger partial charge in [-0.25, -0.2) is 0 Å². The van der Waals surface area contributed by atoms with Crippen LogP contribution in [0.15, 0.2) is 24.3 Å². The fourth-order valence-electron chi connectivity index (χ4n) is 1.20. The lowest BCUT2D eigenvalue weighted by atomic mass is 10.2. The first-order chi connectivity index (χ1) is 7.15. The third-order valence-electron chi connectivity index (χ3n) is 2.04. The molecule has 0 aliphatic carbocycles. The molecule has 1 radical (unpaired) electrons. The molecule has 0 bridgehead atoms. The molecule has 1 atom stereocenters. The first-order valence-electron chi connectivity index (χ1n) is 4.99. The molecule has 81 valence electrons. The van der Waals surface area contributed by atoms with Gasteiger partial charge in [-0.2, -0.15) is 0 Å². The Kier molecular flexibility index (Phi) is 4.16. The van der Waals surface area contributed by atoms with E-state index in [4.69, 9.17) is 4.74 Å². The zero-order valence-corrected chi connectivity index (χ0v) is 9.36. The maximum atomic E-state index is 11.7. The zero-order valence-electron chi connectivity index (χ0n) is 9.36. The van der Waals surface area contributed by atoms with E-state index in [1.807, 2.05) is 19.1 Å². The van der Waals surface area contributed by atoms with E-state index in [2.05, 4.69) is 6.07 Å². The second kappa shape index (κ2) is 5.39. The second-order valence-corrected chi connectivity index (χ2v) is 3.47. The second-order valence-electron chi connectivity index (χ2n) is 3.47. The minimum absolute atomic E-state index is 0.0187. The van der Waals surface area contributed by atoms with E-state index >= 15 is 0 Å². The molecule has 0 saturated heterocycles. The highest BCUT2D eigenvalue weighted by Crippen LogP contribution is 2.12. The minimum Gasteiger partial charge on any atom is -0.480 e. The van der Waals surface area contributed by atoms with Gasteiger partial charge in [-0.3, -0.25) is 4.79 Å². The summed E-state index contributed by atoms with van der Waals surface area (Å²) in [4.78, 5) is 13.2. The fraction of sp³-hybridized carbons (Fsp3) is 0.417. The maximum absolute atomic E-state index is 11.7. The van der Waals surface area contributed by atoms with Gasteiger partial charge in [-0.1, -0.05) is 25.1 Å². The molecule has 0 N–H and O–H groups in total. The number of likely N-dealkylation sites (N-methyl/N-ethyl adjacent to an activating group) is 1. The largest absolute Gasteiger partial charge is 0.480 e. The van der Waals surface area contributed by atoms with Gasteiger partial charge in [0.15, 0.2) is 6.10 Å². The summed E-state index contributed by atoms with van der Waals surface area (Å²) in [5, 5.41) is 0. The lowest BCUT2D eigenvalue weighted by molar-refractivity contribution is -0.136. The molecule has 15 heavy (non-hydrogen) atoms. The summed E-state index contributed by atoms with van der Waals surface area (Å²) in [6.07, 6.45) is 0.235. The average Bonchev–Trinajstić information content (AvgIpc) is 2.26. The zero-order chi connectivity index (χ0) is 11.3. The summed E-state index contributed by atoms with van der Waals surface area (Å²) in [7, 11) is 3.45. The molecule has 0 aromatic heterocycles. The molecule has 1 aromatic carbocycles. The van der Waals surface area contributed by atoms with Crippen LogP contribution in [0, 0.1) is 6.07 Å². The molecule has 0 spiro atoms. The van der Waals surface area contributed by atoms with E-state index < -0.39 is 6.10 Å². The average molecular weight is 206 g/mol. The Balaban J connectivity index is 2.66. The smallest absolute Gasteiger partial charge is 0.263 e. The summed E-state index contributed by atoms with van der Waals surface area (Å²) in [5.41, 5.74) is 0. The van der Waals surface area contributed by atoms with E-state index in [0.29, 0.717) is 12.2 Å². The summed E-state index contributed by atoms with van der Waals surface area (Å²) < 4.78 is 5.54. The number of benzene rings is 1. The van der Waals surface area contributed by atoms with Crippen molar-refractivity contribution < 1.29 is 9.53 Å². The third kappa shape index (κ3) is 3.27. The Morgan fingerprint density at radius 2 is 2.27 bits per heavy atom. The van der Waals surface area contributed by atoms with Crippen molar-refractivity contribution in [1.29, 1.82) is 0 Å². The van der Waals surface area contributed by atoms with Gasteiger partial charge < -0.3 is 9.64 Å². The molecule has 0 fully saturated rings. The van der Waals surface area contributed by atoms with Gasteiger partial charge in [-0.15, -0.1) is 0 Å². The van der Waals surface area contributed by atoms with Gasteiger partial charge in [-0.05, 0) is 12.5 Å². The molecule has 3 heteroatoms. The van der Waals surface area contributed by atoms with Gasteiger partial charge in [0, 0.05) is 20.2 Å². The molecule has 3 nitrogen and oxygen atoms in total. The van der Waals surface area contributed by atoms with Gasteiger partial charge in [0.05, 0.1) is 0 Å². The molecule has 0 aliphatic rings. The van der Waals surface area contributed by atoms with Crippen LogP contribution in [-0.2, 0) is 4.79 Å². The Morgan fingerprint density at radius 1 is 1.53 bits per heavy atom. The van der Waals surface area contributed by atoms with Crippen LogP contribution in [-0.4, -0.2) is 31.0 Å². The number of amides is 1. The predicted octanol–water partition coefficient (Wildman–Crippen LogP) is 1.73. The van der Waals surface area contributed by atoms with Gasteiger partial charge in [0.25, 0.3) is 5.91 Å². The molecule has 0 saturated carbocycles. The number of carbonyl (C=O) groups excluding carboxylic acids is 1. The van der Waals surface area contributed by atoms with Crippen LogP contribution in [0.25, 0.3) is 0 Å². The van der Waals surface area contributed by atoms with Crippen LogP contribution in [0.4, 0.5) is 0 Å². The number of carbonyl (C=O) groups is 1. The molecule has 0 heterocycles. The first kappa shape index (κ1) is 11.6. The Hall–Kier alpha value is -1.51. The highest BCUT2D eigenvalue weighted by molar-refractivity contribution is 5.80. The van der Waals surface area contributed by atoms with E-state index in [9.17, 15) is 4.79 Å². The molecular weight excluding hydrogens is 190 g/mol. The lowest BCUT2D eigenvalue weighted by Crippen LogP contribution is -2.37. The highest BCUT2D eigenvalue weighted by atomic mass is 16.5. The minimum atomic E-state index is -0.418. The van der Waals surface area contributed by atoms with Crippen molar-refractivity contribution >= 4 is 5.91 Å². The standard InChI is InChI=1S/C12H16NO2/c1-4-11(12(14)13(2)3)15-10-8-6-5-7-9-10/h5-8,11H,4H2,1-3H3. The van der Waals surface area contributed by atoms with Crippen molar-refractivity contribution in [2.75, 3.05) is 14.1 Å². The first-order valence-corrected chi connectivity index (χ1v) is 4.99. The summed E-state index contributed by atoms with van der Waals surface area (Å²) >= 11 is 0. The monoisotopic (exact) mass is 206 g/mol. The number of hydrogen-bond acceptors (Lipinski definition) is 2. The summed E-state index contributed by atoms with van der Waals surface area (Å²) in [6, 6.07) is 10.2. The third-order valence-corrected chi connectivity index (χ3v) is 2.04. The van der Waals surface area contributed by atoms with E-state index in [-0.39, 0.29) is 5.91 Å². The van der Waals surface area contributed by atoms with Crippen LogP contribution >= 0.6 is 0 Å². The number of para-hydroxylation sites is 1. The Bertz CT molecular complexity index is 309. The SMILES string of the molecule is CCC(Oc1[c]cccc1)C(=O)N(C)C. The topological polar surface area (TPSA) is 29.5 Å². The van der Waals surface area contributed by atoms with Crippen LogP contribution in [0.1, 0.15) is 13.3 Å². The van der Waals surface area contributed by atoms with E-state index in [1.54, 1.807) is 26.2 Å². The van der Waals surface area contributed by atoms with E-state index in [1.165, 1.54) is 4.90 Å². The van der Waals surface area contributed by atoms with Crippen molar-refractivity contribution in [3.05, 3.63) is 30.3 Å². The number of hydrogen-bond donors (Lipinski definition) is 0. The summed E-state index contributed by atoms with van der Waals surface area (Å²) in [6.45, 7) is 1.93. The van der Waals surface area contributed by atoms with Gasteiger partial charge >= 0.3 is 0 Å². The van der Waals surface area contributed by atoms with Crippen LogP contribution in [0.5, 0.6) is 5.75 Å². The molecular formula is C12H16NO2. The molecule has 1 rings (SSSR count). The highest BCUT2D eigenvalue weighted by Gasteiger charge is 2.19. The Morgan fingerprint density at radius 3 is 2.73 bits per heavy atom. The van der Waals surface area contributed by atoms with Crippen molar-refractivity contribution in [3.63, 3.8) is 0 Å². The number of nitrogens with zero attached hydrogens (tertiary/aromatic N) is 1. The quantitative estimate of drug-likeness (QED) is 0.751. The summed E-state index contributed by atoms with van der Waals surface area (Å²) in [5.74, 6) is 0.592. The van der Waals surface area contributed by atoms with Gasteiger partial charge in [0.2, 0.25) is 0 Å². The fourth-order valence-corrected chi connectivity index (χ4v) is 1.20. The van der Waals surface area contributed by atoms with Gasteiger partial charge in [0.1, 0.15) is 5.75 Å². The molecule has 1 amide bonds. The van der Waals surface area contributed by atoms with Crippen molar-refractivity contribution in [2.24, 2.45) is 0 Å². The van der Waals surface area contributed by atoms with Crippen molar-refractivity contribution in [1.82, 2.24) is 4.90 Å². The van der Waals surface area contributed by atoms with Crippen molar-refractivity contribution in [2.45, 2.75) is 19.4 Å². The number of ether oxygens (including phenoxy) is 1. The molecule has 1 aromatic rings.